The van der Waals surface area contributed by atoms with Crippen molar-refractivity contribution in [3.8, 4) is 6.07 Å². The standard InChI is InChI=1S/C21H25N5O4S/c22-13-16-1-3-17(4-2-16)14-24-8-10-25(11-9-24)21(28)19-5-6-20(27)26(23-19)18-7-12-31(29,30)15-18/h1-4,18H,5-12,14-15H2/t18-/m0/s1. The minimum Gasteiger partial charge on any atom is -0.335 e. The van der Waals surface area contributed by atoms with Gasteiger partial charge in [0.25, 0.3) is 5.91 Å². The zero-order chi connectivity index (χ0) is 22.0. The van der Waals surface area contributed by atoms with Crippen LogP contribution < -0.4 is 0 Å². The quantitative estimate of drug-likeness (QED) is 0.664. The van der Waals surface area contributed by atoms with Crippen LogP contribution in [0.1, 0.15) is 30.4 Å². The van der Waals surface area contributed by atoms with Crippen LogP contribution in [0.3, 0.4) is 0 Å². The van der Waals surface area contributed by atoms with Crippen molar-refractivity contribution in [2.75, 3.05) is 37.7 Å². The Bertz CT molecular complexity index is 1040. The largest absolute Gasteiger partial charge is 0.335 e. The van der Waals surface area contributed by atoms with E-state index >= 15 is 0 Å². The molecule has 164 valence electrons. The van der Waals surface area contributed by atoms with E-state index in [0.29, 0.717) is 37.2 Å². The molecule has 0 unspecified atom stereocenters. The van der Waals surface area contributed by atoms with Crippen molar-refractivity contribution >= 4 is 27.4 Å². The smallest absolute Gasteiger partial charge is 0.270 e. The highest BCUT2D eigenvalue weighted by Gasteiger charge is 2.38. The Morgan fingerprint density at radius 1 is 1.13 bits per heavy atom. The number of nitriles is 1. The summed E-state index contributed by atoms with van der Waals surface area (Å²) in [6.07, 6.45) is 0.839. The molecule has 3 aliphatic heterocycles. The third-order valence-corrected chi connectivity index (χ3v) is 7.76. The molecule has 2 fully saturated rings. The lowest BCUT2D eigenvalue weighted by molar-refractivity contribution is -0.134. The highest BCUT2D eigenvalue weighted by Crippen LogP contribution is 2.23. The number of benzene rings is 1. The fourth-order valence-electron chi connectivity index (χ4n) is 4.21. The molecule has 0 bridgehead atoms. The molecule has 3 aliphatic rings. The zero-order valence-corrected chi connectivity index (χ0v) is 18.1. The Labute approximate surface area is 181 Å². The molecule has 0 aromatic heterocycles. The van der Waals surface area contributed by atoms with E-state index in [2.05, 4.69) is 16.1 Å². The number of piperazine rings is 1. The van der Waals surface area contributed by atoms with Gasteiger partial charge in [-0.2, -0.15) is 10.4 Å². The van der Waals surface area contributed by atoms with Crippen LogP contribution in [0.15, 0.2) is 29.4 Å². The first-order valence-electron chi connectivity index (χ1n) is 10.5. The summed E-state index contributed by atoms with van der Waals surface area (Å²) < 4.78 is 23.5. The minimum absolute atomic E-state index is 0.0570. The van der Waals surface area contributed by atoms with E-state index in [1.54, 1.807) is 17.0 Å². The highest BCUT2D eigenvalue weighted by atomic mass is 32.2. The van der Waals surface area contributed by atoms with Gasteiger partial charge in [-0.1, -0.05) is 12.1 Å². The van der Waals surface area contributed by atoms with Crippen molar-refractivity contribution in [2.45, 2.75) is 31.8 Å². The molecule has 0 spiro atoms. The van der Waals surface area contributed by atoms with Crippen molar-refractivity contribution in [3.63, 3.8) is 0 Å². The summed E-state index contributed by atoms with van der Waals surface area (Å²) in [5.41, 5.74) is 2.09. The summed E-state index contributed by atoms with van der Waals surface area (Å²) >= 11 is 0. The van der Waals surface area contributed by atoms with Crippen LogP contribution in [0.25, 0.3) is 0 Å². The van der Waals surface area contributed by atoms with Gasteiger partial charge in [-0.3, -0.25) is 14.5 Å². The molecule has 4 rings (SSSR count). The van der Waals surface area contributed by atoms with Gasteiger partial charge in [-0.25, -0.2) is 13.4 Å². The van der Waals surface area contributed by atoms with Crippen LogP contribution in [0, 0.1) is 11.3 Å². The number of rotatable bonds is 4. The van der Waals surface area contributed by atoms with Gasteiger partial charge >= 0.3 is 0 Å². The molecule has 0 radical (unpaired) electrons. The molecule has 0 aliphatic carbocycles. The van der Waals surface area contributed by atoms with Gasteiger partial charge in [0.1, 0.15) is 5.71 Å². The SMILES string of the molecule is N#Cc1ccc(CN2CCN(C(=O)C3=NN([C@H]4CCS(=O)(=O)C4)C(=O)CC3)CC2)cc1. The van der Waals surface area contributed by atoms with Crippen molar-refractivity contribution < 1.29 is 18.0 Å². The normalized spacial score (nSPS) is 24.0. The minimum atomic E-state index is -3.14. The fraction of sp³-hybridized carbons (Fsp3) is 0.524. The van der Waals surface area contributed by atoms with E-state index < -0.39 is 15.9 Å². The second-order valence-corrected chi connectivity index (χ2v) is 10.4. The van der Waals surface area contributed by atoms with Crippen LogP contribution in [0.4, 0.5) is 0 Å². The molecule has 3 heterocycles. The van der Waals surface area contributed by atoms with Crippen molar-refractivity contribution in [3.05, 3.63) is 35.4 Å². The first-order valence-corrected chi connectivity index (χ1v) is 12.3. The van der Waals surface area contributed by atoms with E-state index in [1.807, 2.05) is 12.1 Å². The first-order chi connectivity index (χ1) is 14.8. The van der Waals surface area contributed by atoms with Gasteiger partial charge in [0.05, 0.1) is 29.2 Å². The van der Waals surface area contributed by atoms with Gasteiger partial charge in [0.2, 0.25) is 5.91 Å². The van der Waals surface area contributed by atoms with Crippen LogP contribution in [-0.2, 0) is 26.0 Å². The van der Waals surface area contributed by atoms with E-state index in [1.165, 1.54) is 5.01 Å². The van der Waals surface area contributed by atoms with E-state index in [4.69, 9.17) is 5.26 Å². The average molecular weight is 444 g/mol. The molecule has 1 atom stereocenters. The highest BCUT2D eigenvalue weighted by molar-refractivity contribution is 7.91. The molecular formula is C21H25N5O4S. The summed E-state index contributed by atoms with van der Waals surface area (Å²) in [5, 5.41) is 14.4. The topological polar surface area (TPSA) is 114 Å². The Morgan fingerprint density at radius 3 is 2.45 bits per heavy atom. The Kier molecular flexibility index (Phi) is 6.07. The first kappa shape index (κ1) is 21.5. The third kappa shape index (κ3) is 4.94. The lowest BCUT2D eigenvalue weighted by atomic mass is 10.1. The molecule has 0 N–H and O–H groups in total. The summed E-state index contributed by atoms with van der Waals surface area (Å²) in [6.45, 7) is 3.35. The maximum atomic E-state index is 13.0. The Hall–Kier alpha value is -2.77. The lowest BCUT2D eigenvalue weighted by Gasteiger charge is -2.36. The van der Waals surface area contributed by atoms with Crippen molar-refractivity contribution in [1.82, 2.24) is 14.8 Å². The van der Waals surface area contributed by atoms with Gasteiger partial charge in [0, 0.05) is 45.6 Å². The molecule has 1 aromatic rings. The predicted molar refractivity (Wildman–Crippen MR) is 114 cm³/mol. The third-order valence-electron chi connectivity index (χ3n) is 6.01. The van der Waals surface area contributed by atoms with Gasteiger partial charge in [-0.05, 0) is 24.1 Å². The van der Waals surface area contributed by atoms with Gasteiger partial charge < -0.3 is 4.90 Å². The molecule has 31 heavy (non-hydrogen) atoms. The van der Waals surface area contributed by atoms with E-state index in [0.717, 1.165) is 25.2 Å². The molecular weight excluding hydrogens is 418 g/mol. The maximum absolute atomic E-state index is 13.0. The number of hydrazone groups is 1. The number of carbonyl (C=O) groups excluding carboxylic acids is 2. The molecule has 9 nitrogen and oxygen atoms in total. The van der Waals surface area contributed by atoms with Gasteiger partial charge in [0.15, 0.2) is 9.84 Å². The number of hydrogen-bond donors (Lipinski definition) is 0. The van der Waals surface area contributed by atoms with Gasteiger partial charge in [-0.15, -0.1) is 0 Å². The fourth-order valence-corrected chi connectivity index (χ4v) is 5.91. The predicted octanol–water partition coefficient (Wildman–Crippen LogP) is 0.368. The van der Waals surface area contributed by atoms with Crippen LogP contribution in [0.5, 0.6) is 0 Å². The van der Waals surface area contributed by atoms with Crippen LogP contribution in [-0.4, -0.2) is 84.5 Å². The van der Waals surface area contributed by atoms with Crippen LogP contribution >= 0.6 is 0 Å². The number of hydrogen-bond acceptors (Lipinski definition) is 7. The molecule has 1 aromatic carbocycles. The Morgan fingerprint density at radius 2 is 1.84 bits per heavy atom. The number of nitrogens with zero attached hydrogens (tertiary/aromatic N) is 5. The maximum Gasteiger partial charge on any atom is 0.270 e. The molecule has 2 saturated heterocycles. The molecule has 2 amide bonds. The molecule has 0 saturated carbocycles. The number of carbonyl (C=O) groups is 2. The lowest BCUT2D eigenvalue weighted by Crippen LogP contribution is -2.51. The van der Waals surface area contributed by atoms with Crippen molar-refractivity contribution in [2.24, 2.45) is 5.10 Å². The Balaban J connectivity index is 1.35. The average Bonchev–Trinajstić information content (AvgIpc) is 3.14. The number of amides is 2. The summed E-state index contributed by atoms with van der Waals surface area (Å²) in [4.78, 5) is 29.3. The second kappa shape index (κ2) is 8.77. The summed E-state index contributed by atoms with van der Waals surface area (Å²) in [5.74, 6) is -0.415. The van der Waals surface area contributed by atoms with E-state index in [9.17, 15) is 18.0 Å². The monoisotopic (exact) mass is 443 g/mol. The number of sulfone groups is 1. The van der Waals surface area contributed by atoms with Crippen molar-refractivity contribution in [1.29, 1.82) is 5.26 Å². The summed E-state index contributed by atoms with van der Waals surface area (Å²) in [6, 6.07) is 9.15. The van der Waals surface area contributed by atoms with E-state index in [-0.39, 0.29) is 29.7 Å². The summed E-state index contributed by atoms with van der Waals surface area (Å²) in [7, 11) is -3.14. The zero-order valence-electron chi connectivity index (χ0n) is 17.2. The van der Waals surface area contributed by atoms with Crippen LogP contribution in [0.2, 0.25) is 0 Å². The molecule has 10 heteroatoms. The second-order valence-electron chi connectivity index (χ2n) is 8.22.